The molecule has 1 amide bonds. The highest BCUT2D eigenvalue weighted by Crippen LogP contribution is 2.37. The van der Waals surface area contributed by atoms with Crippen LogP contribution in [-0.2, 0) is 7.05 Å². The minimum Gasteiger partial charge on any atom is -0.330 e. The molecule has 104 valence electrons. The number of anilines is 1. The second kappa shape index (κ2) is 5.32. The van der Waals surface area contributed by atoms with E-state index < -0.39 is 0 Å². The number of benzene rings is 1. The number of imidazole rings is 1. The zero-order chi connectivity index (χ0) is 14.1. The number of para-hydroxylation sites is 1. The van der Waals surface area contributed by atoms with E-state index in [-0.39, 0.29) is 5.91 Å². The van der Waals surface area contributed by atoms with E-state index in [1.54, 1.807) is 17.1 Å². The lowest BCUT2D eigenvalue weighted by Gasteiger charge is -2.22. The van der Waals surface area contributed by atoms with Crippen molar-refractivity contribution in [3.05, 3.63) is 42.5 Å². The number of thioether (sulfide) groups is 1. The molecule has 4 nitrogen and oxygen atoms in total. The van der Waals surface area contributed by atoms with E-state index in [1.165, 1.54) is 4.90 Å². The van der Waals surface area contributed by atoms with Crippen LogP contribution >= 0.6 is 11.8 Å². The number of fused-ring (bicyclic) bond motifs is 1. The number of nitrogens with zero attached hydrogens (tertiary/aromatic N) is 3. The van der Waals surface area contributed by atoms with Crippen molar-refractivity contribution < 1.29 is 4.79 Å². The number of aryl methyl sites for hydroxylation is 1. The van der Waals surface area contributed by atoms with Gasteiger partial charge < -0.3 is 9.47 Å². The van der Waals surface area contributed by atoms with Gasteiger partial charge in [0.25, 0.3) is 5.91 Å². The molecular weight excluding hydrogens is 270 g/mol. The monoisotopic (exact) mass is 287 g/mol. The Balaban J connectivity index is 2.01. The molecule has 20 heavy (non-hydrogen) atoms. The average molecular weight is 287 g/mol. The number of aromatic nitrogens is 2. The van der Waals surface area contributed by atoms with Gasteiger partial charge in [0.15, 0.2) is 0 Å². The van der Waals surface area contributed by atoms with Gasteiger partial charge in [-0.2, -0.15) is 0 Å². The van der Waals surface area contributed by atoms with Crippen molar-refractivity contribution in [2.24, 2.45) is 7.05 Å². The Morgan fingerprint density at radius 2 is 2.20 bits per heavy atom. The molecular formula is C15H17N3OS. The number of amides is 1. The molecule has 0 radical (unpaired) electrons. The van der Waals surface area contributed by atoms with Crippen molar-refractivity contribution in [1.82, 2.24) is 9.55 Å². The van der Waals surface area contributed by atoms with Crippen molar-refractivity contribution in [2.45, 2.75) is 23.5 Å². The fraction of sp³-hybridized carbons (Fsp3) is 0.333. The molecule has 1 atom stereocenters. The lowest BCUT2D eigenvalue weighted by Crippen LogP contribution is -2.33. The van der Waals surface area contributed by atoms with E-state index in [1.807, 2.05) is 41.9 Å². The molecule has 0 saturated heterocycles. The van der Waals surface area contributed by atoms with Gasteiger partial charge in [0.05, 0.1) is 18.2 Å². The molecule has 0 spiro atoms. The van der Waals surface area contributed by atoms with Crippen LogP contribution < -0.4 is 4.90 Å². The molecule has 2 aromatic rings. The van der Waals surface area contributed by atoms with Gasteiger partial charge in [0.2, 0.25) is 0 Å². The van der Waals surface area contributed by atoms with Gasteiger partial charge >= 0.3 is 0 Å². The van der Waals surface area contributed by atoms with Crippen LogP contribution in [0.15, 0.2) is 41.7 Å². The van der Waals surface area contributed by atoms with E-state index in [9.17, 15) is 4.79 Å². The molecule has 5 heteroatoms. The third-order valence-electron chi connectivity index (χ3n) is 3.52. The highest BCUT2D eigenvalue weighted by Gasteiger charge is 2.26. The van der Waals surface area contributed by atoms with E-state index in [2.05, 4.69) is 18.0 Å². The van der Waals surface area contributed by atoms with Crippen molar-refractivity contribution in [1.29, 1.82) is 0 Å². The summed E-state index contributed by atoms with van der Waals surface area (Å²) in [6.07, 6.45) is 4.28. The first-order chi connectivity index (χ1) is 9.66. The van der Waals surface area contributed by atoms with Gasteiger partial charge in [-0.05, 0) is 18.6 Å². The summed E-state index contributed by atoms with van der Waals surface area (Å²) in [5.41, 5.74) is 1.63. The molecule has 1 aliphatic heterocycles. The Kier molecular flexibility index (Phi) is 3.53. The lowest BCUT2D eigenvalue weighted by molar-refractivity contribution is 0.0978. The van der Waals surface area contributed by atoms with Crippen LogP contribution in [0.25, 0.3) is 0 Å². The first-order valence-electron chi connectivity index (χ1n) is 6.70. The van der Waals surface area contributed by atoms with Crippen LogP contribution in [0.3, 0.4) is 0 Å². The first kappa shape index (κ1) is 13.2. The van der Waals surface area contributed by atoms with Gasteiger partial charge in [-0.15, -0.1) is 11.8 Å². The molecule has 2 heterocycles. The summed E-state index contributed by atoms with van der Waals surface area (Å²) in [5.74, 6) is 0.0205. The van der Waals surface area contributed by atoms with Crippen molar-refractivity contribution in [3.63, 3.8) is 0 Å². The fourth-order valence-corrected chi connectivity index (χ4v) is 3.51. The Morgan fingerprint density at radius 3 is 2.95 bits per heavy atom. The summed E-state index contributed by atoms with van der Waals surface area (Å²) in [7, 11) is 1.85. The van der Waals surface area contributed by atoms with Crippen LogP contribution in [0.1, 0.15) is 23.8 Å². The maximum atomic E-state index is 12.8. The van der Waals surface area contributed by atoms with E-state index in [4.69, 9.17) is 0 Å². The van der Waals surface area contributed by atoms with Crippen molar-refractivity contribution in [2.75, 3.05) is 11.4 Å². The van der Waals surface area contributed by atoms with Crippen molar-refractivity contribution >= 4 is 23.4 Å². The summed E-state index contributed by atoms with van der Waals surface area (Å²) in [5, 5.41) is 0.514. The first-order valence-corrected chi connectivity index (χ1v) is 7.58. The molecule has 1 aliphatic rings. The summed E-state index contributed by atoms with van der Waals surface area (Å²) in [4.78, 5) is 19.9. The van der Waals surface area contributed by atoms with Crippen molar-refractivity contribution in [3.8, 4) is 0 Å². The summed E-state index contributed by atoms with van der Waals surface area (Å²) >= 11 is 1.84. The largest absolute Gasteiger partial charge is 0.330 e. The predicted molar refractivity (Wildman–Crippen MR) is 81.3 cm³/mol. The average Bonchev–Trinajstić information content (AvgIpc) is 2.78. The smallest absolute Gasteiger partial charge is 0.276 e. The molecule has 1 aromatic heterocycles. The zero-order valence-corrected chi connectivity index (χ0v) is 12.4. The van der Waals surface area contributed by atoms with Gasteiger partial charge in [-0.3, -0.25) is 4.79 Å². The van der Waals surface area contributed by atoms with E-state index in [0.717, 1.165) is 18.7 Å². The predicted octanol–water partition coefficient (Wildman–Crippen LogP) is 2.95. The maximum Gasteiger partial charge on any atom is 0.276 e. The molecule has 0 saturated carbocycles. The minimum atomic E-state index is 0.0205. The Bertz CT molecular complexity index is 638. The van der Waals surface area contributed by atoms with E-state index >= 15 is 0 Å². The maximum absolute atomic E-state index is 12.8. The van der Waals surface area contributed by atoms with E-state index in [0.29, 0.717) is 10.9 Å². The molecule has 0 fully saturated rings. The van der Waals surface area contributed by atoms with Gasteiger partial charge in [0.1, 0.15) is 5.69 Å². The highest BCUT2D eigenvalue weighted by atomic mass is 32.2. The number of rotatable bonds is 1. The Morgan fingerprint density at radius 1 is 1.40 bits per heavy atom. The molecule has 1 unspecified atom stereocenters. The normalized spacial score (nSPS) is 18.5. The topological polar surface area (TPSA) is 38.1 Å². The van der Waals surface area contributed by atoms with Crippen LogP contribution in [0.2, 0.25) is 0 Å². The number of carbonyl (C=O) groups excluding carboxylic acids is 1. The number of carbonyl (C=O) groups is 1. The van der Waals surface area contributed by atoms with Crippen LogP contribution in [0.5, 0.6) is 0 Å². The quantitative estimate of drug-likeness (QED) is 0.809. The van der Waals surface area contributed by atoms with Gasteiger partial charge in [-0.25, -0.2) is 4.98 Å². The molecule has 3 rings (SSSR count). The highest BCUT2D eigenvalue weighted by molar-refractivity contribution is 8.00. The third kappa shape index (κ3) is 2.33. The molecule has 0 bridgehead atoms. The number of hydrogen-bond donors (Lipinski definition) is 0. The van der Waals surface area contributed by atoms with Crippen LogP contribution in [0.4, 0.5) is 5.69 Å². The van der Waals surface area contributed by atoms with Crippen LogP contribution in [-0.4, -0.2) is 27.3 Å². The third-order valence-corrected chi connectivity index (χ3v) is 4.76. The molecule has 0 N–H and O–H groups in total. The Hall–Kier alpha value is -1.75. The SMILES string of the molecule is CC1CCN(C(=O)c2cncn2C)c2ccccc2S1. The minimum absolute atomic E-state index is 0.0205. The number of hydrogen-bond acceptors (Lipinski definition) is 3. The van der Waals surface area contributed by atoms with Crippen LogP contribution in [0, 0.1) is 0 Å². The van der Waals surface area contributed by atoms with Gasteiger partial charge in [0, 0.05) is 23.7 Å². The zero-order valence-electron chi connectivity index (χ0n) is 11.6. The lowest BCUT2D eigenvalue weighted by atomic mass is 10.2. The standard InChI is InChI=1S/C15H17N3OS/c1-11-7-8-18(12-5-3-4-6-14(12)20-11)15(19)13-9-16-10-17(13)2/h3-6,9-11H,7-8H2,1-2H3. The summed E-state index contributed by atoms with van der Waals surface area (Å²) in [6, 6.07) is 8.12. The van der Waals surface area contributed by atoms with Gasteiger partial charge in [-0.1, -0.05) is 19.1 Å². The Labute approximate surface area is 122 Å². The summed E-state index contributed by atoms with van der Waals surface area (Å²) in [6.45, 7) is 2.95. The summed E-state index contributed by atoms with van der Waals surface area (Å²) < 4.78 is 1.77. The second-order valence-corrected chi connectivity index (χ2v) is 6.51. The molecule has 0 aliphatic carbocycles. The second-order valence-electron chi connectivity index (χ2n) is 5.03. The molecule has 1 aromatic carbocycles. The fourth-order valence-electron chi connectivity index (χ4n) is 2.40.